The molecule has 0 spiro atoms. The van der Waals surface area contributed by atoms with Crippen molar-refractivity contribution in [3.63, 3.8) is 0 Å². The van der Waals surface area contributed by atoms with Crippen molar-refractivity contribution in [2.75, 3.05) is 0 Å². The minimum atomic E-state index is -0.345. The van der Waals surface area contributed by atoms with Crippen molar-refractivity contribution in [2.24, 2.45) is 0 Å². The third-order valence-electron chi connectivity index (χ3n) is 4.59. The molecule has 4 aromatic rings. The molecule has 0 atom stereocenters. The molecule has 0 saturated heterocycles. The van der Waals surface area contributed by atoms with Gasteiger partial charge in [-0.15, -0.1) is 0 Å². The van der Waals surface area contributed by atoms with Gasteiger partial charge < -0.3 is 0 Å². The fraction of sp³-hybridized carbons (Fsp3) is 0.0435. The number of nitrogens with zero attached hydrogens (tertiary/aromatic N) is 1. The number of halogens is 3. The monoisotopic (exact) mass is 409 g/mol. The Hall–Kier alpha value is -2.75. The molecule has 4 rings (SSSR count). The average molecular weight is 410 g/mol. The van der Waals surface area contributed by atoms with Crippen LogP contribution in [0, 0.1) is 12.7 Å². The highest BCUT2D eigenvalue weighted by Crippen LogP contribution is 2.35. The number of benzene rings is 3. The Balaban J connectivity index is 2.05. The predicted octanol–water partition coefficient (Wildman–Crippen LogP) is 6.89. The lowest BCUT2D eigenvalue weighted by Crippen LogP contribution is -2.08. The summed E-state index contributed by atoms with van der Waals surface area (Å²) in [4.78, 5) is 18.0. The van der Waals surface area contributed by atoms with Gasteiger partial charge >= 0.3 is 0 Å². The van der Waals surface area contributed by atoms with Gasteiger partial charge in [-0.1, -0.05) is 35.3 Å². The zero-order chi connectivity index (χ0) is 19.8. The third-order valence-corrected chi connectivity index (χ3v) is 5.08. The number of aryl methyl sites for hydroxylation is 1. The molecule has 3 aromatic carbocycles. The fourth-order valence-electron chi connectivity index (χ4n) is 3.30. The largest absolute Gasteiger partial charge is 0.289 e. The maximum Gasteiger partial charge on any atom is 0.195 e. The topological polar surface area (TPSA) is 30.0 Å². The molecule has 28 heavy (non-hydrogen) atoms. The molecule has 0 saturated carbocycles. The minimum absolute atomic E-state index is 0.178. The summed E-state index contributed by atoms with van der Waals surface area (Å²) in [5.74, 6) is -0.523. The summed E-state index contributed by atoms with van der Waals surface area (Å²) in [5, 5.41) is 1.82. The van der Waals surface area contributed by atoms with Crippen molar-refractivity contribution >= 4 is 39.9 Å². The first kappa shape index (κ1) is 18.6. The van der Waals surface area contributed by atoms with Crippen LogP contribution in [0.5, 0.6) is 0 Å². The van der Waals surface area contributed by atoms with Crippen LogP contribution in [0.4, 0.5) is 4.39 Å². The Kier molecular flexibility index (Phi) is 4.88. The van der Waals surface area contributed by atoms with E-state index in [4.69, 9.17) is 23.2 Å². The highest BCUT2D eigenvalue weighted by atomic mass is 35.5. The van der Waals surface area contributed by atoms with Crippen LogP contribution >= 0.6 is 23.2 Å². The average Bonchev–Trinajstić information content (AvgIpc) is 2.68. The second-order valence-electron chi connectivity index (χ2n) is 6.45. The molecule has 0 amide bonds. The van der Waals surface area contributed by atoms with Crippen molar-refractivity contribution in [3.8, 4) is 11.1 Å². The smallest absolute Gasteiger partial charge is 0.195 e. The molecule has 0 bridgehead atoms. The van der Waals surface area contributed by atoms with Crippen LogP contribution in [-0.4, -0.2) is 10.8 Å². The van der Waals surface area contributed by atoms with Crippen LogP contribution in [-0.2, 0) is 0 Å². The SMILES string of the molecule is Cc1nc2ccc(Cl)cc2c(-c2ccc(F)cc2)c1C(=O)c1ccc(Cl)cc1. The van der Waals surface area contributed by atoms with Gasteiger partial charge in [-0.2, -0.15) is 0 Å². The van der Waals surface area contributed by atoms with Crippen LogP contribution in [0.1, 0.15) is 21.6 Å². The fourth-order valence-corrected chi connectivity index (χ4v) is 3.60. The van der Waals surface area contributed by atoms with Crippen LogP contribution in [0.3, 0.4) is 0 Å². The Morgan fingerprint density at radius 2 is 1.54 bits per heavy atom. The Labute approximate surface area is 171 Å². The first-order valence-corrected chi connectivity index (χ1v) is 9.35. The van der Waals surface area contributed by atoms with Gasteiger partial charge in [0.2, 0.25) is 0 Å². The molecule has 0 radical (unpaired) electrons. The van der Waals surface area contributed by atoms with Crippen LogP contribution < -0.4 is 0 Å². The first-order valence-electron chi connectivity index (χ1n) is 8.60. The van der Waals surface area contributed by atoms with E-state index < -0.39 is 0 Å². The van der Waals surface area contributed by atoms with Crippen molar-refractivity contribution in [3.05, 3.63) is 99.4 Å². The van der Waals surface area contributed by atoms with E-state index in [-0.39, 0.29) is 11.6 Å². The maximum atomic E-state index is 13.5. The van der Waals surface area contributed by atoms with Gasteiger partial charge in [0.1, 0.15) is 5.82 Å². The minimum Gasteiger partial charge on any atom is -0.289 e. The van der Waals surface area contributed by atoms with Crippen molar-refractivity contribution in [1.82, 2.24) is 4.98 Å². The van der Waals surface area contributed by atoms with Gasteiger partial charge in [0.15, 0.2) is 5.78 Å². The van der Waals surface area contributed by atoms with Crippen molar-refractivity contribution in [1.29, 1.82) is 0 Å². The molecule has 0 unspecified atom stereocenters. The van der Waals surface area contributed by atoms with E-state index in [9.17, 15) is 9.18 Å². The predicted molar refractivity (Wildman–Crippen MR) is 112 cm³/mol. The lowest BCUT2D eigenvalue weighted by atomic mass is 9.90. The molecule has 138 valence electrons. The molecule has 0 fully saturated rings. The van der Waals surface area contributed by atoms with E-state index >= 15 is 0 Å². The lowest BCUT2D eigenvalue weighted by Gasteiger charge is -2.16. The molecule has 0 aliphatic carbocycles. The van der Waals surface area contributed by atoms with Crippen LogP contribution in [0.25, 0.3) is 22.0 Å². The summed E-state index contributed by atoms with van der Waals surface area (Å²) in [6.45, 7) is 1.80. The number of pyridine rings is 1. The normalized spacial score (nSPS) is 11.0. The van der Waals surface area contributed by atoms with E-state index in [1.807, 2.05) is 6.07 Å². The third kappa shape index (κ3) is 3.39. The number of rotatable bonds is 3. The Morgan fingerprint density at radius 3 is 2.21 bits per heavy atom. The molecular weight excluding hydrogens is 396 g/mol. The summed E-state index contributed by atoms with van der Waals surface area (Å²) in [6, 6.07) is 18.1. The van der Waals surface area contributed by atoms with Crippen LogP contribution in [0.2, 0.25) is 10.0 Å². The van der Waals surface area contributed by atoms with E-state index in [2.05, 4.69) is 4.98 Å². The second kappa shape index (κ2) is 7.34. The molecule has 5 heteroatoms. The van der Waals surface area contributed by atoms with Crippen molar-refractivity contribution in [2.45, 2.75) is 6.92 Å². The lowest BCUT2D eigenvalue weighted by molar-refractivity contribution is 0.103. The summed E-state index contributed by atoms with van der Waals surface area (Å²) < 4.78 is 13.5. The Bertz CT molecular complexity index is 1200. The first-order chi connectivity index (χ1) is 13.4. The number of hydrogen-bond donors (Lipinski definition) is 0. The van der Waals surface area contributed by atoms with Gasteiger partial charge in [-0.3, -0.25) is 9.78 Å². The highest BCUT2D eigenvalue weighted by Gasteiger charge is 2.22. The molecular formula is C23H14Cl2FNO. The zero-order valence-corrected chi connectivity index (χ0v) is 16.4. The standard InChI is InChI=1S/C23H14Cl2FNO/c1-13-21(23(28)15-2-6-16(24)7-3-15)22(14-4-9-18(26)10-5-14)19-12-17(25)8-11-20(19)27-13/h2-12H,1H3. The highest BCUT2D eigenvalue weighted by molar-refractivity contribution is 6.32. The number of hydrogen-bond acceptors (Lipinski definition) is 2. The van der Waals surface area contributed by atoms with Gasteiger partial charge in [-0.25, -0.2) is 4.39 Å². The number of carbonyl (C=O) groups is 1. The summed E-state index contributed by atoms with van der Waals surface area (Å²) in [7, 11) is 0. The van der Waals surface area contributed by atoms with E-state index in [1.54, 1.807) is 55.5 Å². The second-order valence-corrected chi connectivity index (χ2v) is 7.32. The number of aromatic nitrogens is 1. The van der Waals surface area contributed by atoms with Gasteiger partial charge in [0.05, 0.1) is 11.1 Å². The summed E-state index contributed by atoms with van der Waals surface area (Å²) >= 11 is 12.2. The maximum absolute atomic E-state index is 13.5. The molecule has 0 aliphatic rings. The summed E-state index contributed by atoms with van der Waals surface area (Å²) in [5.41, 5.74) is 3.67. The molecule has 2 nitrogen and oxygen atoms in total. The van der Waals surface area contributed by atoms with Crippen molar-refractivity contribution < 1.29 is 9.18 Å². The molecule has 0 N–H and O–H groups in total. The molecule has 1 heterocycles. The van der Waals surface area contributed by atoms with E-state index in [1.165, 1.54) is 12.1 Å². The Morgan fingerprint density at radius 1 is 0.893 bits per heavy atom. The quantitative estimate of drug-likeness (QED) is 0.345. The molecule has 0 aliphatic heterocycles. The van der Waals surface area contributed by atoms with Gasteiger partial charge in [0.25, 0.3) is 0 Å². The molecule has 1 aromatic heterocycles. The number of carbonyl (C=O) groups excluding carboxylic acids is 1. The van der Waals surface area contributed by atoms with Crippen LogP contribution in [0.15, 0.2) is 66.7 Å². The summed E-state index contributed by atoms with van der Waals surface area (Å²) in [6.07, 6.45) is 0. The van der Waals surface area contributed by atoms with Gasteiger partial charge in [0, 0.05) is 32.3 Å². The number of ketones is 1. The number of fused-ring (bicyclic) bond motifs is 1. The van der Waals surface area contributed by atoms with E-state index in [0.717, 1.165) is 10.9 Å². The zero-order valence-electron chi connectivity index (χ0n) is 14.8. The van der Waals surface area contributed by atoms with E-state index in [0.29, 0.717) is 37.9 Å². The van der Waals surface area contributed by atoms with Gasteiger partial charge in [-0.05, 0) is 67.1 Å².